The Bertz CT molecular complexity index is 584. The lowest BCUT2D eigenvalue weighted by atomic mass is 9.96. The normalized spacial score (nSPS) is 18.2. The molecule has 1 heterocycles. The molecule has 0 spiro atoms. The second kappa shape index (κ2) is 7.76. The lowest BCUT2D eigenvalue weighted by Gasteiger charge is -2.20. The average molecular weight is 317 g/mol. The van der Waals surface area contributed by atoms with Crippen molar-refractivity contribution in [3.8, 4) is 0 Å². The van der Waals surface area contributed by atoms with Crippen LogP contribution in [0.1, 0.15) is 32.3 Å². The quantitative estimate of drug-likeness (QED) is 0.795. The predicted molar refractivity (Wildman–Crippen MR) is 87.7 cm³/mol. The highest BCUT2D eigenvalue weighted by Gasteiger charge is 2.31. The molecule has 1 aliphatic rings. The summed E-state index contributed by atoms with van der Waals surface area (Å²) < 4.78 is 0. The molecule has 3 N–H and O–H groups in total. The zero-order chi connectivity index (χ0) is 16.8. The minimum Gasteiger partial charge on any atom is -0.382 e. The van der Waals surface area contributed by atoms with Crippen LogP contribution in [0.25, 0.3) is 0 Å². The highest BCUT2D eigenvalue weighted by molar-refractivity contribution is 5.97. The first-order valence-electron chi connectivity index (χ1n) is 7.81. The molecule has 6 heteroatoms. The standard InChI is InChI=1S/C17H23N3O3/c1-11(2)8-13(14-10-15(17(18)22)23-20-14)19-16(21)9-12-6-4-3-5-7-12/h3-7,11,13,15H,8-10H2,1-2H3,(H2,18,22)(H,19,21)/t13-,15?/m0/s1. The second-order valence-electron chi connectivity index (χ2n) is 6.20. The Kier molecular flexibility index (Phi) is 5.73. The third kappa shape index (κ3) is 5.09. The predicted octanol–water partition coefficient (Wildman–Crippen LogP) is 1.39. The summed E-state index contributed by atoms with van der Waals surface area (Å²) in [6.07, 6.45) is 0.640. The van der Waals surface area contributed by atoms with E-state index in [1.54, 1.807) is 0 Å². The van der Waals surface area contributed by atoms with Crippen LogP contribution in [0.2, 0.25) is 0 Å². The highest BCUT2D eigenvalue weighted by Crippen LogP contribution is 2.17. The number of primary amides is 1. The van der Waals surface area contributed by atoms with Gasteiger partial charge in [0.2, 0.25) is 12.0 Å². The number of nitrogens with one attached hydrogen (secondary N) is 1. The maximum atomic E-state index is 12.3. The van der Waals surface area contributed by atoms with Crippen LogP contribution in [-0.4, -0.2) is 29.7 Å². The van der Waals surface area contributed by atoms with Crippen molar-refractivity contribution in [2.75, 3.05) is 0 Å². The van der Waals surface area contributed by atoms with Crippen LogP contribution in [0.3, 0.4) is 0 Å². The van der Waals surface area contributed by atoms with E-state index < -0.39 is 12.0 Å². The summed E-state index contributed by atoms with van der Waals surface area (Å²) >= 11 is 0. The van der Waals surface area contributed by atoms with E-state index in [4.69, 9.17) is 10.6 Å². The number of nitrogens with zero attached hydrogens (tertiary/aromatic N) is 1. The van der Waals surface area contributed by atoms with E-state index in [0.717, 1.165) is 12.0 Å². The van der Waals surface area contributed by atoms with Crippen LogP contribution in [0.4, 0.5) is 0 Å². The van der Waals surface area contributed by atoms with Crippen LogP contribution in [-0.2, 0) is 20.8 Å². The summed E-state index contributed by atoms with van der Waals surface area (Å²) in [4.78, 5) is 28.5. The van der Waals surface area contributed by atoms with Crippen molar-refractivity contribution in [1.29, 1.82) is 0 Å². The number of benzene rings is 1. The molecule has 23 heavy (non-hydrogen) atoms. The number of hydrogen-bond acceptors (Lipinski definition) is 4. The molecule has 1 aromatic carbocycles. The minimum absolute atomic E-state index is 0.0768. The lowest BCUT2D eigenvalue weighted by molar-refractivity contribution is -0.127. The number of nitrogens with two attached hydrogens (primary N) is 1. The van der Waals surface area contributed by atoms with E-state index in [2.05, 4.69) is 24.3 Å². The van der Waals surface area contributed by atoms with Gasteiger partial charge in [-0.2, -0.15) is 0 Å². The van der Waals surface area contributed by atoms with E-state index in [0.29, 0.717) is 24.5 Å². The van der Waals surface area contributed by atoms with Crippen molar-refractivity contribution < 1.29 is 14.4 Å². The Morgan fingerprint density at radius 3 is 2.61 bits per heavy atom. The van der Waals surface area contributed by atoms with Gasteiger partial charge in [0.15, 0.2) is 0 Å². The van der Waals surface area contributed by atoms with Gasteiger partial charge >= 0.3 is 0 Å². The molecule has 0 aliphatic carbocycles. The van der Waals surface area contributed by atoms with E-state index in [9.17, 15) is 9.59 Å². The molecule has 2 atom stereocenters. The van der Waals surface area contributed by atoms with Gasteiger partial charge in [0, 0.05) is 6.42 Å². The smallest absolute Gasteiger partial charge is 0.261 e. The van der Waals surface area contributed by atoms with Crippen LogP contribution in [0, 0.1) is 5.92 Å². The Balaban J connectivity index is 1.99. The van der Waals surface area contributed by atoms with E-state index in [1.807, 2.05) is 30.3 Å². The third-order valence-electron chi connectivity index (χ3n) is 3.66. The zero-order valence-electron chi connectivity index (χ0n) is 13.5. The molecule has 0 saturated heterocycles. The third-order valence-corrected chi connectivity index (χ3v) is 3.66. The van der Waals surface area contributed by atoms with Gasteiger partial charge in [0.1, 0.15) is 0 Å². The van der Waals surface area contributed by atoms with Gasteiger partial charge in [-0.05, 0) is 17.9 Å². The summed E-state index contributed by atoms with van der Waals surface area (Å²) in [5.41, 5.74) is 6.86. The molecule has 6 nitrogen and oxygen atoms in total. The van der Waals surface area contributed by atoms with Crippen molar-refractivity contribution in [1.82, 2.24) is 5.32 Å². The summed E-state index contributed by atoms with van der Waals surface area (Å²) in [6.45, 7) is 4.14. The monoisotopic (exact) mass is 317 g/mol. The Hall–Kier alpha value is -2.37. The molecule has 1 unspecified atom stereocenters. The van der Waals surface area contributed by atoms with Crippen LogP contribution in [0.5, 0.6) is 0 Å². The Morgan fingerprint density at radius 2 is 2.04 bits per heavy atom. The van der Waals surface area contributed by atoms with Gasteiger partial charge in [0.25, 0.3) is 5.91 Å². The molecule has 0 radical (unpaired) electrons. The molecular weight excluding hydrogens is 294 g/mol. The average Bonchev–Trinajstić information content (AvgIpc) is 2.97. The molecule has 0 saturated carbocycles. The first-order chi connectivity index (χ1) is 11.0. The molecule has 0 aromatic heterocycles. The van der Waals surface area contributed by atoms with E-state index in [-0.39, 0.29) is 11.9 Å². The number of hydrogen-bond donors (Lipinski definition) is 2. The molecule has 0 fully saturated rings. The van der Waals surface area contributed by atoms with E-state index in [1.165, 1.54) is 0 Å². The van der Waals surface area contributed by atoms with Gasteiger partial charge in [0.05, 0.1) is 18.2 Å². The van der Waals surface area contributed by atoms with Crippen molar-refractivity contribution >= 4 is 17.5 Å². The minimum atomic E-state index is -0.731. The fourth-order valence-electron chi connectivity index (χ4n) is 2.53. The molecule has 124 valence electrons. The molecule has 2 rings (SSSR count). The molecule has 2 amide bonds. The summed E-state index contributed by atoms with van der Waals surface area (Å²) in [5, 5.41) is 6.95. The molecule has 1 aliphatic heterocycles. The summed E-state index contributed by atoms with van der Waals surface area (Å²) in [6, 6.07) is 9.31. The van der Waals surface area contributed by atoms with Gasteiger partial charge in [-0.15, -0.1) is 0 Å². The van der Waals surface area contributed by atoms with E-state index >= 15 is 0 Å². The zero-order valence-corrected chi connectivity index (χ0v) is 13.5. The molecular formula is C17H23N3O3. The van der Waals surface area contributed by atoms with Crippen molar-refractivity contribution in [3.63, 3.8) is 0 Å². The fraction of sp³-hybridized carbons (Fsp3) is 0.471. The Morgan fingerprint density at radius 1 is 1.35 bits per heavy atom. The Labute approximate surface area is 136 Å². The SMILES string of the molecule is CC(C)C[C@H](NC(=O)Cc1ccccc1)C1=NOC(C(N)=O)C1. The van der Waals surface area contributed by atoms with Crippen LogP contribution >= 0.6 is 0 Å². The topological polar surface area (TPSA) is 93.8 Å². The number of oxime groups is 1. The molecule has 0 bridgehead atoms. The van der Waals surface area contributed by atoms with Crippen molar-refractivity contribution in [3.05, 3.63) is 35.9 Å². The number of carbonyl (C=O) groups is 2. The maximum Gasteiger partial charge on any atom is 0.261 e. The van der Waals surface area contributed by atoms with Gasteiger partial charge < -0.3 is 15.9 Å². The van der Waals surface area contributed by atoms with Crippen LogP contribution in [0.15, 0.2) is 35.5 Å². The summed E-state index contributed by atoms with van der Waals surface area (Å²) in [7, 11) is 0. The highest BCUT2D eigenvalue weighted by atomic mass is 16.6. The van der Waals surface area contributed by atoms with Gasteiger partial charge in [-0.1, -0.05) is 49.3 Å². The fourth-order valence-corrected chi connectivity index (χ4v) is 2.53. The largest absolute Gasteiger partial charge is 0.382 e. The molecule has 1 aromatic rings. The second-order valence-corrected chi connectivity index (χ2v) is 6.20. The lowest BCUT2D eigenvalue weighted by Crippen LogP contribution is -2.43. The number of rotatable bonds is 7. The maximum absolute atomic E-state index is 12.3. The number of carbonyl (C=O) groups excluding carboxylic acids is 2. The first kappa shape index (κ1) is 17.0. The van der Waals surface area contributed by atoms with Crippen molar-refractivity contribution in [2.24, 2.45) is 16.8 Å². The van der Waals surface area contributed by atoms with Crippen molar-refractivity contribution in [2.45, 2.75) is 45.3 Å². The van der Waals surface area contributed by atoms with Gasteiger partial charge in [-0.25, -0.2) is 0 Å². The number of amides is 2. The van der Waals surface area contributed by atoms with Gasteiger partial charge in [-0.3, -0.25) is 9.59 Å². The first-order valence-corrected chi connectivity index (χ1v) is 7.81. The van der Waals surface area contributed by atoms with Crippen LogP contribution < -0.4 is 11.1 Å². The summed E-state index contributed by atoms with van der Waals surface area (Å²) in [5.74, 6) is -0.248.